The molecular weight excluding hydrogens is 360 g/mol. The van der Waals surface area contributed by atoms with Gasteiger partial charge in [0.1, 0.15) is 0 Å². The number of carboxylic acids is 1. The number of hydrogen-bond donors (Lipinski definition) is 2. The average Bonchev–Trinajstić information content (AvgIpc) is 2.69. The van der Waals surface area contributed by atoms with Crippen molar-refractivity contribution in [2.75, 3.05) is 0 Å². The summed E-state index contributed by atoms with van der Waals surface area (Å²) in [6, 6.07) is 0. The molecule has 0 saturated carbocycles. The number of aliphatic carboxylic acids is 1. The first kappa shape index (κ1) is 28.4. The summed E-state index contributed by atoms with van der Waals surface area (Å²) >= 11 is 0. The van der Waals surface area contributed by atoms with Gasteiger partial charge < -0.3 is 10.2 Å². The van der Waals surface area contributed by atoms with E-state index in [0.29, 0.717) is 12.8 Å². The summed E-state index contributed by atoms with van der Waals surface area (Å²) in [5.41, 5.74) is 0. The molecule has 2 N–H and O–H groups in total. The molecule has 0 saturated heterocycles. The van der Waals surface area contributed by atoms with Crippen molar-refractivity contribution < 1.29 is 15.0 Å². The van der Waals surface area contributed by atoms with Crippen LogP contribution >= 0.6 is 0 Å². The molecule has 174 valence electrons. The molecule has 0 amide bonds. The minimum absolute atomic E-state index is 0.177. The lowest BCUT2D eigenvalue weighted by Gasteiger charge is -2.09. The molecule has 0 aliphatic rings. The van der Waals surface area contributed by atoms with Crippen LogP contribution in [0.15, 0.2) is 0 Å². The van der Waals surface area contributed by atoms with Crippen molar-refractivity contribution in [3.63, 3.8) is 0 Å². The van der Waals surface area contributed by atoms with Gasteiger partial charge in [-0.25, -0.2) is 0 Å². The zero-order valence-corrected chi connectivity index (χ0v) is 19.6. The quantitative estimate of drug-likeness (QED) is 0.156. The van der Waals surface area contributed by atoms with Crippen molar-refractivity contribution in [3.8, 4) is 0 Å². The molecule has 3 heteroatoms. The highest BCUT2D eigenvalue weighted by atomic mass is 16.4. The highest BCUT2D eigenvalue weighted by molar-refractivity contribution is 5.66. The molecular formula is C26H52O3. The van der Waals surface area contributed by atoms with E-state index in [4.69, 9.17) is 5.11 Å². The van der Waals surface area contributed by atoms with Crippen LogP contribution in [0.25, 0.3) is 0 Å². The summed E-state index contributed by atoms with van der Waals surface area (Å²) in [5, 5.41) is 18.4. The van der Waals surface area contributed by atoms with Crippen molar-refractivity contribution in [2.24, 2.45) is 0 Å². The van der Waals surface area contributed by atoms with Crippen LogP contribution in [0, 0.1) is 0 Å². The number of carbonyl (C=O) groups is 1. The molecule has 0 fully saturated rings. The van der Waals surface area contributed by atoms with Crippen molar-refractivity contribution in [2.45, 2.75) is 161 Å². The Labute approximate surface area is 182 Å². The van der Waals surface area contributed by atoms with Crippen LogP contribution in [0.4, 0.5) is 0 Å². The van der Waals surface area contributed by atoms with Gasteiger partial charge in [-0.3, -0.25) is 4.79 Å². The third-order valence-corrected chi connectivity index (χ3v) is 6.07. The van der Waals surface area contributed by atoms with Gasteiger partial charge in [-0.1, -0.05) is 129 Å². The van der Waals surface area contributed by atoms with Crippen LogP contribution in [0.3, 0.4) is 0 Å². The summed E-state index contributed by atoms with van der Waals surface area (Å²) < 4.78 is 0. The molecule has 0 aromatic heterocycles. The Morgan fingerprint density at radius 1 is 0.552 bits per heavy atom. The van der Waals surface area contributed by atoms with Gasteiger partial charge >= 0.3 is 5.97 Å². The molecule has 0 bridgehead atoms. The predicted octanol–water partition coefficient (Wildman–Crippen LogP) is 8.42. The van der Waals surface area contributed by atoms with E-state index in [-0.39, 0.29) is 12.5 Å². The third kappa shape index (κ3) is 25.4. The minimum atomic E-state index is -0.763. The molecule has 1 unspecified atom stereocenters. The second-order valence-electron chi connectivity index (χ2n) is 9.09. The molecule has 0 aliphatic heterocycles. The Kier molecular flexibility index (Phi) is 23.2. The maximum Gasteiger partial charge on any atom is 0.303 e. The van der Waals surface area contributed by atoms with E-state index in [2.05, 4.69) is 6.92 Å². The summed E-state index contributed by atoms with van der Waals surface area (Å²) in [6.07, 6.45) is 28.1. The topological polar surface area (TPSA) is 57.5 Å². The van der Waals surface area contributed by atoms with Crippen molar-refractivity contribution in [3.05, 3.63) is 0 Å². The van der Waals surface area contributed by atoms with Gasteiger partial charge in [0.25, 0.3) is 0 Å². The van der Waals surface area contributed by atoms with Gasteiger partial charge in [-0.2, -0.15) is 0 Å². The predicted molar refractivity (Wildman–Crippen MR) is 126 cm³/mol. The first-order chi connectivity index (χ1) is 14.2. The molecule has 3 nitrogen and oxygen atoms in total. The van der Waals surface area contributed by atoms with Gasteiger partial charge in [-0.05, 0) is 19.3 Å². The number of unbranched alkanes of at least 4 members (excludes halogenated alkanes) is 18. The van der Waals surface area contributed by atoms with E-state index in [1.54, 1.807) is 0 Å². The monoisotopic (exact) mass is 412 g/mol. The first-order valence-electron chi connectivity index (χ1n) is 13.1. The second kappa shape index (κ2) is 23.7. The Morgan fingerprint density at radius 2 is 0.862 bits per heavy atom. The molecule has 0 aromatic rings. The zero-order valence-electron chi connectivity index (χ0n) is 19.6. The van der Waals surface area contributed by atoms with Crippen molar-refractivity contribution >= 4 is 5.97 Å². The fourth-order valence-electron chi connectivity index (χ4n) is 4.09. The maximum absolute atomic E-state index is 10.4. The van der Waals surface area contributed by atoms with Gasteiger partial charge in [0, 0.05) is 6.42 Å². The molecule has 0 rings (SSSR count). The third-order valence-electron chi connectivity index (χ3n) is 6.07. The lowest BCUT2D eigenvalue weighted by atomic mass is 10.0. The second-order valence-corrected chi connectivity index (χ2v) is 9.09. The zero-order chi connectivity index (χ0) is 21.4. The fraction of sp³-hybridized carbons (Fsp3) is 0.962. The van der Waals surface area contributed by atoms with E-state index in [1.807, 2.05) is 0 Å². The van der Waals surface area contributed by atoms with Crippen molar-refractivity contribution in [1.29, 1.82) is 0 Å². The number of carboxylic acid groups (broad SMARTS) is 1. The number of hydrogen-bond acceptors (Lipinski definition) is 2. The highest BCUT2D eigenvalue weighted by Crippen LogP contribution is 2.15. The molecule has 1 atom stereocenters. The highest BCUT2D eigenvalue weighted by Gasteiger charge is 2.05. The molecule has 0 heterocycles. The number of rotatable bonds is 24. The lowest BCUT2D eigenvalue weighted by Crippen LogP contribution is -2.07. The van der Waals surface area contributed by atoms with E-state index >= 15 is 0 Å². The Morgan fingerprint density at radius 3 is 1.21 bits per heavy atom. The van der Waals surface area contributed by atoms with Crippen LogP contribution in [-0.2, 0) is 4.79 Å². The lowest BCUT2D eigenvalue weighted by molar-refractivity contribution is -0.137. The van der Waals surface area contributed by atoms with Gasteiger partial charge in [-0.15, -0.1) is 0 Å². The van der Waals surface area contributed by atoms with Gasteiger partial charge in [0.15, 0.2) is 0 Å². The normalized spacial score (nSPS) is 12.3. The fourth-order valence-corrected chi connectivity index (χ4v) is 4.09. The number of aliphatic hydroxyl groups excluding tert-OH is 1. The van der Waals surface area contributed by atoms with E-state index < -0.39 is 5.97 Å². The van der Waals surface area contributed by atoms with Crippen LogP contribution in [0.1, 0.15) is 155 Å². The summed E-state index contributed by atoms with van der Waals surface area (Å²) in [6.45, 7) is 2.28. The van der Waals surface area contributed by atoms with Crippen LogP contribution < -0.4 is 0 Å². The SMILES string of the molecule is CCCCCCCCCCCCCCCCCCCCCC(O)CCCC(=O)O. The van der Waals surface area contributed by atoms with Crippen LogP contribution in [-0.4, -0.2) is 22.3 Å². The van der Waals surface area contributed by atoms with E-state index in [1.165, 1.54) is 116 Å². The maximum atomic E-state index is 10.4. The summed E-state index contributed by atoms with van der Waals surface area (Å²) in [4.78, 5) is 10.4. The molecule has 0 aromatic carbocycles. The first-order valence-corrected chi connectivity index (χ1v) is 13.1. The molecule has 0 spiro atoms. The van der Waals surface area contributed by atoms with E-state index in [0.717, 1.165) is 12.8 Å². The summed E-state index contributed by atoms with van der Waals surface area (Å²) in [7, 11) is 0. The Hall–Kier alpha value is -0.570. The smallest absolute Gasteiger partial charge is 0.303 e. The van der Waals surface area contributed by atoms with Crippen molar-refractivity contribution in [1.82, 2.24) is 0 Å². The Balaban J connectivity index is 3.09. The minimum Gasteiger partial charge on any atom is -0.481 e. The largest absolute Gasteiger partial charge is 0.481 e. The summed E-state index contributed by atoms with van der Waals surface area (Å²) in [5.74, 6) is -0.763. The van der Waals surface area contributed by atoms with Gasteiger partial charge in [0.2, 0.25) is 0 Å². The average molecular weight is 413 g/mol. The van der Waals surface area contributed by atoms with Gasteiger partial charge in [0.05, 0.1) is 6.10 Å². The Bertz CT molecular complexity index is 330. The number of aliphatic hydroxyl groups is 1. The van der Waals surface area contributed by atoms with Crippen LogP contribution in [0.2, 0.25) is 0 Å². The van der Waals surface area contributed by atoms with Crippen LogP contribution in [0.5, 0.6) is 0 Å². The van der Waals surface area contributed by atoms with E-state index in [9.17, 15) is 9.90 Å². The standard InChI is InChI=1S/C26H52O3/c1-2-3-4-5-6-7-8-9-10-11-12-13-14-15-16-17-18-19-20-22-25(27)23-21-24-26(28)29/h25,27H,2-24H2,1H3,(H,28,29). The molecule has 0 radical (unpaired) electrons. The molecule has 29 heavy (non-hydrogen) atoms. The molecule has 0 aliphatic carbocycles.